The number of hydrogen-bond donors (Lipinski definition) is 1. The molecule has 4 unspecified atom stereocenters. The van der Waals surface area contributed by atoms with Crippen LogP contribution in [0, 0.1) is 17.7 Å². The van der Waals surface area contributed by atoms with Crippen molar-refractivity contribution < 1.29 is 23.5 Å². The molecule has 5 rings (SSSR count). The van der Waals surface area contributed by atoms with Gasteiger partial charge in [0.25, 0.3) is 5.91 Å². The molecule has 1 aromatic carbocycles. The standard InChI is InChI=1S/C29H37FN6O4S/c1-17(2)11-22(28(39)36-14-19(13-31-3)26-25(36)24(37)15-40-26)32-27(38)18-5-6-20(21(30)12-18)23-16-41-29(33-23)35-9-7-34(4)8-10-35/h5-6,12-13,16-17,19,22,25-26H,7-11,14-15H2,1-4H3,(H,32,38). The largest absolute Gasteiger partial charge is 0.367 e. The number of fused-ring (bicyclic) bond motifs is 1. The monoisotopic (exact) mass is 584 g/mol. The van der Waals surface area contributed by atoms with Gasteiger partial charge in [0.2, 0.25) is 5.91 Å². The lowest BCUT2D eigenvalue weighted by Gasteiger charge is -2.32. The van der Waals surface area contributed by atoms with Crippen LogP contribution in [0.5, 0.6) is 0 Å². The van der Waals surface area contributed by atoms with Gasteiger partial charge in [0.05, 0.1) is 11.8 Å². The van der Waals surface area contributed by atoms with Crippen molar-refractivity contribution in [3.8, 4) is 11.3 Å². The predicted molar refractivity (Wildman–Crippen MR) is 156 cm³/mol. The van der Waals surface area contributed by atoms with Crippen molar-refractivity contribution >= 4 is 40.3 Å². The average molecular weight is 585 g/mol. The first kappa shape index (κ1) is 29.3. The van der Waals surface area contributed by atoms with Crippen LogP contribution in [-0.2, 0) is 14.3 Å². The van der Waals surface area contributed by atoms with Gasteiger partial charge < -0.3 is 29.7 Å². The lowest BCUT2D eigenvalue weighted by molar-refractivity contribution is -0.138. The number of likely N-dealkylation sites (N-methyl/N-ethyl adjacent to an activating group) is 1. The van der Waals surface area contributed by atoms with Crippen molar-refractivity contribution in [3.05, 3.63) is 35.0 Å². The number of rotatable bonds is 8. The summed E-state index contributed by atoms with van der Waals surface area (Å²) in [7, 11) is 3.73. The number of anilines is 1. The van der Waals surface area contributed by atoms with Crippen LogP contribution in [0.2, 0.25) is 0 Å². The van der Waals surface area contributed by atoms with E-state index in [1.807, 2.05) is 19.2 Å². The summed E-state index contributed by atoms with van der Waals surface area (Å²) in [5.74, 6) is -1.71. The number of ether oxygens (including phenoxy) is 1. The number of halogens is 1. The topological polar surface area (TPSA) is 107 Å². The number of amides is 2. The highest BCUT2D eigenvalue weighted by atomic mass is 32.1. The van der Waals surface area contributed by atoms with Crippen LogP contribution in [-0.4, -0.2) is 110 Å². The molecule has 0 aliphatic carbocycles. The summed E-state index contributed by atoms with van der Waals surface area (Å²) in [4.78, 5) is 54.3. The van der Waals surface area contributed by atoms with Crippen molar-refractivity contribution in [2.24, 2.45) is 16.8 Å². The fourth-order valence-corrected chi connectivity index (χ4v) is 6.65. The van der Waals surface area contributed by atoms with Crippen LogP contribution >= 0.6 is 11.3 Å². The van der Waals surface area contributed by atoms with E-state index >= 15 is 4.39 Å². The maximum absolute atomic E-state index is 15.3. The van der Waals surface area contributed by atoms with E-state index < -0.39 is 29.9 Å². The molecule has 10 nitrogen and oxygen atoms in total. The van der Waals surface area contributed by atoms with Gasteiger partial charge in [-0.1, -0.05) is 13.8 Å². The maximum atomic E-state index is 15.3. The zero-order valence-corrected chi connectivity index (χ0v) is 24.7. The minimum Gasteiger partial charge on any atom is -0.367 e. The molecule has 0 saturated carbocycles. The number of carbonyl (C=O) groups is 3. The lowest BCUT2D eigenvalue weighted by Crippen LogP contribution is -2.52. The number of ketones is 1. The maximum Gasteiger partial charge on any atom is 0.252 e. The van der Waals surface area contributed by atoms with E-state index in [0.717, 1.165) is 31.3 Å². The second kappa shape index (κ2) is 12.3. The molecule has 2 amide bonds. The Morgan fingerprint density at radius 1 is 1.27 bits per heavy atom. The molecule has 2 aromatic rings. The van der Waals surface area contributed by atoms with Gasteiger partial charge in [-0.3, -0.25) is 14.4 Å². The van der Waals surface area contributed by atoms with Crippen LogP contribution in [0.1, 0.15) is 30.6 Å². The minimum absolute atomic E-state index is 0.0458. The number of aromatic nitrogens is 1. The number of benzene rings is 1. The van der Waals surface area contributed by atoms with E-state index in [4.69, 9.17) is 4.74 Å². The SMILES string of the molecule is CN=CC1CN(C(=O)C(CC(C)C)NC(=O)c2ccc(-c3csc(N4CCN(C)CC4)n3)c(F)c2)C2C(=O)COC12. The Morgan fingerprint density at radius 2 is 2.02 bits per heavy atom. The first-order valence-corrected chi connectivity index (χ1v) is 14.9. The van der Waals surface area contributed by atoms with Crippen LogP contribution in [0.25, 0.3) is 11.3 Å². The summed E-state index contributed by atoms with van der Waals surface area (Å²) >= 11 is 1.48. The number of carbonyl (C=O) groups excluding carboxylic acids is 3. The number of nitrogens with zero attached hydrogens (tertiary/aromatic N) is 5. The average Bonchev–Trinajstić information content (AvgIpc) is 3.66. The zero-order chi connectivity index (χ0) is 29.3. The molecule has 3 fully saturated rings. The number of piperazine rings is 1. The summed E-state index contributed by atoms with van der Waals surface area (Å²) in [6.45, 7) is 7.78. The van der Waals surface area contributed by atoms with Gasteiger partial charge in [0.1, 0.15) is 24.5 Å². The summed E-state index contributed by atoms with van der Waals surface area (Å²) in [5, 5.41) is 5.50. The Labute approximate surface area is 243 Å². The van der Waals surface area contributed by atoms with Crippen LogP contribution in [0.3, 0.4) is 0 Å². The van der Waals surface area contributed by atoms with Crippen molar-refractivity contribution in [3.63, 3.8) is 0 Å². The lowest BCUT2D eigenvalue weighted by atomic mass is 10.0. The van der Waals surface area contributed by atoms with Gasteiger partial charge in [-0.25, -0.2) is 9.37 Å². The van der Waals surface area contributed by atoms with Gasteiger partial charge in [-0.15, -0.1) is 11.3 Å². The van der Waals surface area contributed by atoms with Crippen LogP contribution in [0.15, 0.2) is 28.6 Å². The third kappa shape index (κ3) is 6.19. The third-order valence-electron chi connectivity index (χ3n) is 7.93. The highest BCUT2D eigenvalue weighted by molar-refractivity contribution is 7.14. The molecule has 4 heterocycles. The van der Waals surface area contributed by atoms with Crippen molar-refractivity contribution in [2.75, 3.05) is 58.3 Å². The predicted octanol–water partition coefficient (Wildman–Crippen LogP) is 2.34. The summed E-state index contributed by atoms with van der Waals surface area (Å²) in [5.41, 5.74) is 0.954. The number of likely N-dealkylation sites (tertiary alicyclic amines) is 1. The summed E-state index contributed by atoms with van der Waals surface area (Å²) in [6.07, 6.45) is 1.64. The smallest absolute Gasteiger partial charge is 0.252 e. The Morgan fingerprint density at radius 3 is 2.71 bits per heavy atom. The van der Waals surface area contributed by atoms with Crippen LogP contribution < -0.4 is 10.2 Å². The Bertz CT molecular complexity index is 1320. The van der Waals surface area contributed by atoms with Crippen molar-refractivity contribution in [1.82, 2.24) is 20.1 Å². The van der Waals surface area contributed by atoms with Gasteiger partial charge in [0, 0.05) is 68.4 Å². The fourth-order valence-electron chi connectivity index (χ4n) is 5.77. The number of nitrogens with one attached hydrogen (secondary N) is 1. The molecule has 0 bridgehead atoms. The first-order chi connectivity index (χ1) is 19.7. The molecule has 0 radical (unpaired) electrons. The van der Waals surface area contributed by atoms with E-state index in [1.54, 1.807) is 25.4 Å². The third-order valence-corrected chi connectivity index (χ3v) is 8.83. The summed E-state index contributed by atoms with van der Waals surface area (Å²) < 4.78 is 21.0. The molecular formula is C29H37FN6O4S. The summed E-state index contributed by atoms with van der Waals surface area (Å²) in [6, 6.07) is 2.72. The number of aliphatic imine (C=N–C) groups is 1. The molecule has 3 aliphatic rings. The first-order valence-electron chi connectivity index (χ1n) is 14.0. The van der Waals surface area contributed by atoms with Gasteiger partial charge in [-0.2, -0.15) is 0 Å². The van der Waals surface area contributed by atoms with Gasteiger partial charge in [-0.05, 0) is 37.6 Å². The highest BCUT2D eigenvalue weighted by Gasteiger charge is 2.52. The van der Waals surface area contributed by atoms with Crippen molar-refractivity contribution in [2.45, 2.75) is 38.5 Å². The Balaban J connectivity index is 1.30. The zero-order valence-electron chi connectivity index (χ0n) is 23.9. The van der Waals surface area contributed by atoms with Gasteiger partial charge >= 0.3 is 0 Å². The Hall–Kier alpha value is -3.22. The molecular weight excluding hydrogens is 547 g/mol. The van der Waals surface area contributed by atoms with Crippen molar-refractivity contribution in [1.29, 1.82) is 0 Å². The fraction of sp³-hybridized carbons (Fsp3) is 0.552. The second-order valence-corrected chi connectivity index (χ2v) is 12.2. The molecule has 4 atom stereocenters. The quantitative estimate of drug-likeness (QED) is 0.475. The highest BCUT2D eigenvalue weighted by Crippen LogP contribution is 2.33. The molecule has 3 aliphatic heterocycles. The number of hydrogen-bond acceptors (Lipinski definition) is 9. The van der Waals surface area contributed by atoms with Crippen LogP contribution in [0.4, 0.5) is 9.52 Å². The van der Waals surface area contributed by atoms with E-state index in [0.29, 0.717) is 17.7 Å². The minimum atomic E-state index is -0.874. The molecule has 3 saturated heterocycles. The van der Waals surface area contributed by atoms with E-state index in [-0.39, 0.29) is 42.2 Å². The number of thiazole rings is 1. The van der Waals surface area contributed by atoms with E-state index in [1.165, 1.54) is 22.3 Å². The normalized spacial score (nSPS) is 24.0. The molecule has 12 heteroatoms. The molecule has 1 N–H and O–H groups in total. The molecule has 220 valence electrons. The number of Topliss-reactive ketones (excluding diaryl/α,β-unsaturated/α-hetero) is 1. The molecule has 0 spiro atoms. The second-order valence-electron chi connectivity index (χ2n) is 11.4. The molecule has 41 heavy (non-hydrogen) atoms. The Kier molecular flexibility index (Phi) is 8.81. The van der Waals surface area contributed by atoms with E-state index in [9.17, 15) is 14.4 Å². The molecule has 1 aromatic heterocycles. The van der Waals surface area contributed by atoms with Gasteiger partial charge in [0.15, 0.2) is 10.9 Å². The van der Waals surface area contributed by atoms with E-state index in [2.05, 4.69) is 32.1 Å².